The molecular weight excluding hydrogens is 373 g/mol. The first kappa shape index (κ1) is 15.9. The van der Waals surface area contributed by atoms with E-state index in [-0.39, 0.29) is 4.47 Å². The molecule has 0 radical (unpaired) electrons. The van der Waals surface area contributed by atoms with Gasteiger partial charge in [0.15, 0.2) is 0 Å². The number of halogens is 5. The largest absolute Gasteiger partial charge is 0.417 e. The van der Waals surface area contributed by atoms with E-state index in [9.17, 15) is 13.2 Å². The van der Waals surface area contributed by atoms with Gasteiger partial charge in [0.2, 0.25) is 0 Å². The first-order valence-corrected chi connectivity index (χ1v) is 7.82. The van der Waals surface area contributed by atoms with Crippen molar-refractivity contribution in [1.82, 2.24) is 0 Å². The van der Waals surface area contributed by atoms with E-state index in [1.54, 1.807) is 17.4 Å². The summed E-state index contributed by atoms with van der Waals surface area (Å²) in [4.78, 5) is 2.12. The number of benzene rings is 1. The lowest BCUT2D eigenvalue weighted by molar-refractivity contribution is -0.138. The first-order chi connectivity index (χ1) is 9.20. The first-order valence-electron chi connectivity index (χ1n) is 5.78. The Kier molecular flexibility index (Phi) is 4.52. The van der Waals surface area contributed by atoms with Gasteiger partial charge >= 0.3 is 6.18 Å². The van der Waals surface area contributed by atoms with E-state index in [0.29, 0.717) is 5.56 Å². The second-order valence-electron chi connectivity index (χ2n) is 4.47. The fourth-order valence-electron chi connectivity index (χ4n) is 2.00. The lowest BCUT2D eigenvalue weighted by atomic mass is 10.0. The molecule has 0 bridgehead atoms. The average Bonchev–Trinajstić information content (AvgIpc) is 2.66. The van der Waals surface area contributed by atoms with Gasteiger partial charge in [0.05, 0.1) is 10.9 Å². The molecule has 0 N–H and O–H groups in total. The molecule has 6 heteroatoms. The highest BCUT2D eigenvalue weighted by atomic mass is 79.9. The molecule has 2 rings (SSSR count). The van der Waals surface area contributed by atoms with E-state index < -0.39 is 17.1 Å². The van der Waals surface area contributed by atoms with Crippen molar-refractivity contribution < 1.29 is 13.2 Å². The third-order valence-corrected chi connectivity index (χ3v) is 5.10. The summed E-state index contributed by atoms with van der Waals surface area (Å²) in [5, 5.41) is -0.575. The Balaban J connectivity index is 2.46. The van der Waals surface area contributed by atoms with Crippen molar-refractivity contribution in [3.05, 3.63) is 55.2 Å². The third-order valence-electron chi connectivity index (χ3n) is 2.94. The molecule has 0 saturated carbocycles. The van der Waals surface area contributed by atoms with Gasteiger partial charge in [-0.2, -0.15) is 13.2 Å². The van der Waals surface area contributed by atoms with E-state index >= 15 is 0 Å². The van der Waals surface area contributed by atoms with Crippen LogP contribution < -0.4 is 0 Å². The van der Waals surface area contributed by atoms with Gasteiger partial charge in [-0.15, -0.1) is 22.9 Å². The second kappa shape index (κ2) is 5.70. The summed E-state index contributed by atoms with van der Waals surface area (Å²) in [7, 11) is 0. The van der Waals surface area contributed by atoms with Crippen LogP contribution in [0, 0.1) is 13.8 Å². The molecule has 0 aliphatic carbocycles. The highest BCUT2D eigenvalue weighted by Gasteiger charge is 2.33. The molecule has 0 saturated heterocycles. The van der Waals surface area contributed by atoms with Crippen molar-refractivity contribution >= 4 is 38.9 Å². The van der Waals surface area contributed by atoms with Crippen molar-refractivity contribution in [1.29, 1.82) is 0 Å². The molecule has 20 heavy (non-hydrogen) atoms. The molecule has 0 fully saturated rings. The van der Waals surface area contributed by atoms with Gasteiger partial charge in [0.25, 0.3) is 0 Å². The predicted octanol–water partition coefficient (Wildman–Crippen LogP) is 6.47. The van der Waals surface area contributed by atoms with E-state index in [1.165, 1.54) is 6.07 Å². The maximum absolute atomic E-state index is 12.9. The molecule has 0 spiro atoms. The molecule has 1 atom stereocenters. The normalized spacial score (nSPS) is 13.6. The summed E-state index contributed by atoms with van der Waals surface area (Å²) in [6.07, 6.45) is -4.40. The van der Waals surface area contributed by atoms with Gasteiger partial charge in [-0.3, -0.25) is 0 Å². The Morgan fingerprint density at radius 2 is 1.85 bits per heavy atom. The van der Waals surface area contributed by atoms with E-state index in [0.717, 1.165) is 21.4 Å². The average molecular weight is 384 g/mol. The van der Waals surface area contributed by atoms with Crippen LogP contribution in [0.25, 0.3) is 0 Å². The summed E-state index contributed by atoms with van der Waals surface area (Å²) in [6, 6.07) is 6.03. The SMILES string of the molecule is Cc1cc(C(Cl)c2ccc(Br)c(C(F)(F)F)c2)c(C)s1. The molecule has 108 valence electrons. The van der Waals surface area contributed by atoms with Crippen molar-refractivity contribution in [3.63, 3.8) is 0 Å². The second-order valence-corrected chi connectivity index (χ2v) is 7.22. The quantitative estimate of drug-likeness (QED) is 0.521. The van der Waals surface area contributed by atoms with Gasteiger partial charge < -0.3 is 0 Å². The summed E-state index contributed by atoms with van der Waals surface area (Å²) in [6.45, 7) is 3.87. The Bertz CT molecular complexity index is 634. The van der Waals surface area contributed by atoms with Crippen LogP contribution in [0.4, 0.5) is 13.2 Å². The Hall–Kier alpha value is -0.520. The molecule has 1 aromatic carbocycles. The predicted molar refractivity (Wildman–Crippen MR) is 80.6 cm³/mol. The summed E-state index contributed by atoms with van der Waals surface area (Å²) in [5.41, 5.74) is 0.609. The lowest BCUT2D eigenvalue weighted by Crippen LogP contribution is -2.07. The number of thiophene rings is 1. The van der Waals surface area contributed by atoms with Crippen LogP contribution in [0.1, 0.15) is 31.8 Å². The number of rotatable bonds is 2. The zero-order chi connectivity index (χ0) is 15.1. The standard InChI is InChI=1S/C14H11BrClF3S/c1-7-5-10(8(2)20-7)13(16)9-3-4-12(15)11(6-9)14(17,18)19/h3-6,13H,1-2H3. The van der Waals surface area contributed by atoms with Crippen LogP contribution in [0.2, 0.25) is 0 Å². The van der Waals surface area contributed by atoms with Crippen molar-refractivity contribution in [2.45, 2.75) is 25.4 Å². The Morgan fingerprint density at radius 1 is 1.20 bits per heavy atom. The maximum Gasteiger partial charge on any atom is 0.417 e. The molecule has 0 amide bonds. The highest BCUT2D eigenvalue weighted by molar-refractivity contribution is 9.10. The van der Waals surface area contributed by atoms with E-state index in [1.807, 2.05) is 19.9 Å². The summed E-state index contributed by atoms with van der Waals surface area (Å²) >= 11 is 10.9. The third kappa shape index (κ3) is 3.21. The molecule has 1 heterocycles. The summed E-state index contributed by atoms with van der Waals surface area (Å²) in [5.74, 6) is 0. The van der Waals surface area contributed by atoms with Gasteiger partial charge in [0, 0.05) is 14.2 Å². The molecule has 0 nitrogen and oxygen atoms in total. The van der Waals surface area contributed by atoms with Crippen LogP contribution in [-0.2, 0) is 6.18 Å². The monoisotopic (exact) mass is 382 g/mol. The van der Waals surface area contributed by atoms with Crippen molar-refractivity contribution in [2.75, 3.05) is 0 Å². The van der Waals surface area contributed by atoms with Gasteiger partial charge in [-0.1, -0.05) is 22.0 Å². The van der Waals surface area contributed by atoms with Gasteiger partial charge in [0.1, 0.15) is 0 Å². The van der Waals surface area contributed by atoms with Crippen LogP contribution >= 0.6 is 38.9 Å². The fourth-order valence-corrected chi connectivity index (χ4v) is 3.86. The molecule has 0 aliphatic heterocycles. The fraction of sp³-hybridized carbons (Fsp3) is 0.286. The Labute approximate surface area is 132 Å². The van der Waals surface area contributed by atoms with Crippen LogP contribution in [-0.4, -0.2) is 0 Å². The van der Waals surface area contributed by atoms with Gasteiger partial charge in [-0.05, 0) is 43.2 Å². The minimum atomic E-state index is -4.40. The van der Waals surface area contributed by atoms with Crippen molar-refractivity contribution in [3.8, 4) is 0 Å². The zero-order valence-electron chi connectivity index (χ0n) is 10.7. The zero-order valence-corrected chi connectivity index (χ0v) is 13.8. The smallest absolute Gasteiger partial charge is 0.166 e. The minimum Gasteiger partial charge on any atom is -0.166 e. The number of hydrogen-bond acceptors (Lipinski definition) is 1. The molecular formula is C14H11BrClF3S. The number of hydrogen-bond donors (Lipinski definition) is 0. The van der Waals surface area contributed by atoms with Crippen molar-refractivity contribution in [2.24, 2.45) is 0 Å². The van der Waals surface area contributed by atoms with Gasteiger partial charge in [-0.25, -0.2) is 0 Å². The number of alkyl halides is 4. The molecule has 2 aromatic rings. The lowest BCUT2D eigenvalue weighted by Gasteiger charge is -2.14. The number of aryl methyl sites for hydroxylation is 2. The van der Waals surface area contributed by atoms with E-state index in [2.05, 4.69) is 15.9 Å². The molecule has 1 unspecified atom stereocenters. The molecule has 0 aliphatic rings. The Morgan fingerprint density at radius 3 is 2.35 bits per heavy atom. The molecule has 1 aromatic heterocycles. The maximum atomic E-state index is 12.9. The van der Waals surface area contributed by atoms with Crippen LogP contribution in [0.15, 0.2) is 28.7 Å². The van der Waals surface area contributed by atoms with Crippen LogP contribution in [0.3, 0.4) is 0 Å². The van der Waals surface area contributed by atoms with Crippen LogP contribution in [0.5, 0.6) is 0 Å². The van der Waals surface area contributed by atoms with E-state index in [4.69, 9.17) is 11.6 Å². The highest BCUT2D eigenvalue weighted by Crippen LogP contribution is 2.40. The minimum absolute atomic E-state index is 0.0239. The summed E-state index contributed by atoms with van der Waals surface area (Å²) < 4.78 is 38.7. The topological polar surface area (TPSA) is 0 Å².